The maximum Gasteiger partial charge on any atom is 0.255 e. The minimum atomic E-state index is -3.54. The molecule has 3 rings (SSSR count). The van der Waals surface area contributed by atoms with Crippen molar-refractivity contribution >= 4 is 21.6 Å². The molecule has 1 heterocycles. The third-order valence-electron chi connectivity index (χ3n) is 5.24. The van der Waals surface area contributed by atoms with Gasteiger partial charge in [-0.05, 0) is 60.6 Å². The van der Waals surface area contributed by atoms with Gasteiger partial charge in [0, 0.05) is 24.3 Å². The zero-order chi connectivity index (χ0) is 20.3. The summed E-state index contributed by atoms with van der Waals surface area (Å²) in [5.74, 6) is 0.453. The summed E-state index contributed by atoms with van der Waals surface area (Å²) in [7, 11) is -3.54. The molecule has 1 N–H and O–H groups in total. The van der Waals surface area contributed by atoms with Gasteiger partial charge in [-0.2, -0.15) is 4.31 Å². The number of carbonyl (C=O) groups is 1. The molecular weight excluding hydrogens is 372 g/mol. The molecule has 1 amide bonds. The van der Waals surface area contributed by atoms with Gasteiger partial charge in [0.25, 0.3) is 5.91 Å². The van der Waals surface area contributed by atoms with Crippen molar-refractivity contribution in [3.63, 3.8) is 0 Å². The fraction of sp³-hybridized carbons (Fsp3) is 0.409. The molecule has 0 bridgehead atoms. The van der Waals surface area contributed by atoms with E-state index in [-0.39, 0.29) is 10.8 Å². The maximum absolute atomic E-state index is 13.0. The van der Waals surface area contributed by atoms with Crippen LogP contribution in [0.5, 0.6) is 0 Å². The van der Waals surface area contributed by atoms with Crippen LogP contribution in [0.1, 0.15) is 43.1 Å². The Balaban J connectivity index is 1.76. The second kappa shape index (κ2) is 8.45. The molecule has 150 valence electrons. The fourth-order valence-corrected chi connectivity index (χ4v) is 5.55. The van der Waals surface area contributed by atoms with Gasteiger partial charge in [0.1, 0.15) is 0 Å². The molecule has 1 aliphatic rings. The zero-order valence-electron chi connectivity index (χ0n) is 16.7. The molecule has 6 heteroatoms. The molecule has 2 aromatic carbocycles. The molecule has 0 spiro atoms. The molecule has 1 aliphatic heterocycles. The van der Waals surface area contributed by atoms with Crippen molar-refractivity contribution in [2.24, 2.45) is 11.8 Å². The van der Waals surface area contributed by atoms with Gasteiger partial charge in [-0.25, -0.2) is 8.42 Å². The Kier molecular flexibility index (Phi) is 6.20. The number of anilines is 1. The Hall–Kier alpha value is -2.18. The highest BCUT2D eigenvalue weighted by Crippen LogP contribution is 2.27. The number of para-hydroxylation sites is 1. The van der Waals surface area contributed by atoms with Gasteiger partial charge >= 0.3 is 0 Å². The van der Waals surface area contributed by atoms with Crippen molar-refractivity contribution in [2.45, 2.75) is 38.5 Å². The fourth-order valence-electron chi connectivity index (χ4n) is 3.87. The second-order valence-corrected chi connectivity index (χ2v) is 9.70. The molecule has 1 saturated heterocycles. The van der Waals surface area contributed by atoms with Crippen LogP contribution < -0.4 is 5.32 Å². The number of carbonyl (C=O) groups excluding carboxylic acids is 1. The molecule has 5 nitrogen and oxygen atoms in total. The average molecular weight is 401 g/mol. The summed E-state index contributed by atoms with van der Waals surface area (Å²) in [5.41, 5.74) is 2.27. The van der Waals surface area contributed by atoms with E-state index in [1.165, 1.54) is 12.1 Å². The lowest BCUT2D eigenvalue weighted by Crippen LogP contribution is -2.42. The summed E-state index contributed by atoms with van der Waals surface area (Å²) in [6.45, 7) is 7.29. The summed E-state index contributed by atoms with van der Waals surface area (Å²) >= 11 is 0. The van der Waals surface area contributed by atoms with Gasteiger partial charge in [-0.3, -0.25) is 4.79 Å². The van der Waals surface area contributed by atoms with Crippen molar-refractivity contribution in [3.05, 3.63) is 59.7 Å². The predicted octanol–water partition coefficient (Wildman–Crippen LogP) is 4.17. The molecule has 0 saturated carbocycles. The van der Waals surface area contributed by atoms with Crippen LogP contribution in [0.25, 0.3) is 0 Å². The molecule has 0 aliphatic carbocycles. The van der Waals surface area contributed by atoms with E-state index in [9.17, 15) is 13.2 Å². The molecular formula is C22H28N2O3S. The van der Waals surface area contributed by atoms with Gasteiger partial charge < -0.3 is 5.32 Å². The van der Waals surface area contributed by atoms with E-state index >= 15 is 0 Å². The van der Waals surface area contributed by atoms with E-state index in [1.54, 1.807) is 16.4 Å². The average Bonchev–Trinajstić information content (AvgIpc) is 2.67. The molecule has 0 aromatic heterocycles. The Bertz CT molecular complexity index is 929. The SMILES string of the molecule is CCc1ccccc1NC(=O)c1ccc(S(=O)(=O)N2C[C@H](C)C[C@H](C)C2)cc1. The van der Waals surface area contributed by atoms with Crippen LogP contribution in [-0.2, 0) is 16.4 Å². The first-order chi connectivity index (χ1) is 13.3. The number of rotatable bonds is 5. The van der Waals surface area contributed by atoms with Crippen LogP contribution >= 0.6 is 0 Å². The lowest BCUT2D eigenvalue weighted by molar-refractivity contribution is 0.102. The quantitative estimate of drug-likeness (QED) is 0.819. The number of benzene rings is 2. The number of nitrogens with one attached hydrogen (secondary N) is 1. The standard InChI is InChI=1S/C22H28N2O3S/c1-4-18-7-5-6-8-21(18)23-22(25)19-9-11-20(12-10-19)28(26,27)24-14-16(2)13-17(3)15-24/h5-12,16-17H,4,13-15H2,1-3H3,(H,23,25)/t16-,17+. The van der Waals surface area contributed by atoms with Gasteiger partial charge in [0.15, 0.2) is 0 Å². The van der Waals surface area contributed by atoms with Gasteiger partial charge in [0.2, 0.25) is 10.0 Å². The number of sulfonamides is 1. The maximum atomic E-state index is 13.0. The highest BCUT2D eigenvalue weighted by atomic mass is 32.2. The topological polar surface area (TPSA) is 66.5 Å². The lowest BCUT2D eigenvalue weighted by atomic mass is 9.94. The zero-order valence-corrected chi connectivity index (χ0v) is 17.5. The molecule has 0 unspecified atom stereocenters. The van der Waals surface area contributed by atoms with Crippen molar-refractivity contribution in [2.75, 3.05) is 18.4 Å². The third kappa shape index (κ3) is 4.45. The Morgan fingerprint density at radius 3 is 2.25 bits per heavy atom. The molecule has 1 fully saturated rings. The number of aryl methyl sites for hydroxylation is 1. The second-order valence-electron chi connectivity index (χ2n) is 7.76. The predicted molar refractivity (Wildman–Crippen MR) is 112 cm³/mol. The highest BCUT2D eigenvalue weighted by Gasteiger charge is 2.31. The van der Waals surface area contributed by atoms with E-state index in [0.29, 0.717) is 30.5 Å². The van der Waals surface area contributed by atoms with Crippen molar-refractivity contribution in [3.8, 4) is 0 Å². The molecule has 0 radical (unpaired) electrons. The third-order valence-corrected chi connectivity index (χ3v) is 7.08. The van der Waals surface area contributed by atoms with Gasteiger partial charge in [-0.1, -0.05) is 39.0 Å². The van der Waals surface area contributed by atoms with Crippen molar-refractivity contribution in [1.82, 2.24) is 4.31 Å². The largest absolute Gasteiger partial charge is 0.322 e. The smallest absolute Gasteiger partial charge is 0.255 e. The van der Waals surface area contributed by atoms with Crippen LogP contribution in [0.2, 0.25) is 0 Å². The number of hydrogen-bond acceptors (Lipinski definition) is 3. The van der Waals surface area contributed by atoms with E-state index in [4.69, 9.17) is 0 Å². The summed E-state index contributed by atoms with van der Waals surface area (Å²) in [5, 5.41) is 2.91. The highest BCUT2D eigenvalue weighted by molar-refractivity contribution is 7.89. The number of piperidine rings is 1. The first-order valence-corrected chi connectivity index (χ1v) is 11.2. The van der Waals surface area contributed by atoms with Crippen LogP contribution in [0.3, 0.4) is 0 Å². The van der Waals surface area contributed by atoms with E-state index in [0.717, 1.165) is 24.1 Å². The molecule has 2 aromatic rings. The van der Waals surface area contributed by atoms with Crippen LogP contribution in [0, 0.1) is 11.8 Å². The Morgan fingerprint density at radius 1 is 1.04 bits per heavy atom. The first-order valence-electron chi connectivity index (χ1n) is 9.80. The number of amides is 1. The molecule has 28 heavy (non-hydrogen) atoms. The van der Waals surface area contributed by atoms with Gasteiger partial charge in [0.05, 0.1) is 4.90 Å². The minimum Gasteiger partial charge on any atom is -0.322 e. The summed E-state index contributed by atoms with van der Waals surface area (Å²) in [4.78, 5) is 12.8. The van der Waals surface area contributed by atoms with E-state index < -0.39 is 10.0 Å². The summed E-state index contributed by atoms with van der Waals surface area (Å²) in [6.07, 6.45) is 1.87. The minimum absolute atomic E-state index is 0.235. The Morgan fingerprint density at radius 2 is 1.64 bits per heavy atom. The molecule has 2 atom stereocenters. The van der Waals surface area contributed by atoms with E-state index in [2.05, 4.69) is 19.2 Å². The van der Waals surface area contributed by atoms with Crippen molar-refractivity contribution in [1.29, 1.82) is 0 Å². The summed E-state index contributed by atoms with van der Waals surface area (Å²) < 4.78 is 27.5. The van der Waals surface area contributed by atoms with Crippen molar-refractivity contribution < 1.29 is 13.2 Å². The monoisotopic (exact) mass is 400 g/mol. The van der Waals surface area contributed by atoms with Gasteiger partial charge in [-0.15, -0.1) is 0 Å². The first kappa shape index (κ1) is 20.6. The number of nitrogens with zero attached hydrogens (tertiary/aromatic N) is 1. The van der Waals surface area contributed by atoms with Crippen LogP contribution in [-0.4, -0.2) is 31.7 Å². The normalized spacial score (nSPS) is 20.7. The van der Waals surface area contributed by atoms with Crippen LogP contribution in [0.4, 0.5) is 5.69 Å². The lowest BCUT2D eigenvalue weighted by Gasteiger charge is -2.34. The van der Waals surface area contributed by atoms with E-state index in [1.807, 2.05) is 31.2 Å². The summed E-state index contributed by atoms with van der Waals surface area (Å²) in [6, 6.07) is 13.9. The Labute approximate surface area is 167 Å². The van der Waals surface area contributed by atoms with Crippen LogP contribution in [0.15, 0.2) is 53.4 Å². The number of hydrogen-bond donors (Lipinski definition) is 1.